The van der Waals surface area contributed by atoms with Gasteiger partial charge < -0.3 is 5.32 Å². The molecule has 1 aromatic heterocycles. The van der Waals surface area contributed by atoms with Gasteiger partial charge in [-0.2, -0.15) is 0 Å². The molecular formula is C14H20F2N2. The van der Waals surface area contributed by atoms with E-state index in [4.69, 9.17) is 0 Å². The average molecular weight is 254 g/mol. The molecule has 1 fully saturated rings. The largest absolute Gasteiger partial charge is 0.316 e. The van der Waals surface area contributed by atoms with E-state index < -0.39 is 5.92 Å². The quantitative estimate of drug-likeness (QED) is 0.892. The summed E-state index contributed by atoms with van der Waals surface area (Å²) in [6.07, 6.45) is 2.36. The van der Waals surface area contributed by atoms with Crippen molar-refractivity contribution in [3.05, 3.63) is 30.1 Å². The van der Waals surface area contributed by atoms with Gasteiger partial charge in [0.1, 0.15) is 0 Å². The molecule has 0 saturated heterocycles. The number of alkyl halides is 2. The molecule has 0 spiro atoms. The van der Waals surface area contributed by atoms with Crippen LogP contribution < -0.4 is 5.32 Å². The van der Waals surface area contributed by atoms with Crippen LogP contribution in [0.15, 0.2) is 24.4 Å². The van der Waals surface area contributed by atoms with E-state index in [1.807, 2.05) is 25.2 Å². The van der Waals surface area contributed by atoms with E-state index in [0.29, 0.717) is 6.42 Å². The van der Waals surface area contributed by atoms with Gasteiger partial charge in [-0.25, -0.2) is 8.78 Å². The molecule has 2 rings (SSSR count). The van der Waals surface area contributed by atoms with E-state index in [1.165, 1.54) is 0 Å². The highest BCUT2D eigenvalue weighted by Crippen LogP contribution is 2.42. The molecule has 0 aliphatic heterocycles. The molecule has 1 aliphatic carbocycles. The fourth-order valence-electron chi connectivity index (χ4n) is 3.01. The van der Waals surface area contributed by atoms with Crippen molar-refractivity contribution in [1.29, 1.82) is 0 Å². The van der Waals surface area contributed by atoms with E-state index in [-0.39, 0.29) is 30.7 Å². The molecule has 0 amide bonds. The van der Waals surface area contributed by atoms with Gasteiger partial charge in [0.05, 0.1) is 0 Å². The van der Waals surface area contributed by atoms with Gasteiger partial charge in [0.2, 0.25) is 5.92 Å². The molecular weight excluding hydrogens is 234 g/mol. The Labute approximate surface area is 107 Å². The van der Waals surface area contributed by atoms with E-state index in [2.05, 4.69) is 17.2 Å². The Morgan fingerprint density at radius 2 is 2.22 bits per heavy atom. The van der Waals surface area contributed by atoms with Crippen LogP contribution in [-0.2, 0) is 0 Å². The van der Waals surface area contributed by atoms with Crippen LogP contribution in [0.4, 0.5) is 8.78 Å². The monoisotopic (exact) mass is 254 g/mol. The summed E-state index contributed by atoms with van der Waals surface area (Å²) < 4.78 is 26.6. The number of nitrogens with zero attached hydrogens (tertiary/aromatic N) is 1. The van der Waals surface area contributed by atoms with Crippen molar-refractivity contribution in [2.75, 3.05) is 7.05 Å². The highest BCUT2D eigenvalue weighted by Gasteiger charge is 2.43. The summed E-state index contributed by atoms with van der Waals surface area (Å²) in [5.74, 6) is -2.30. The normalized spacial score (nSPS) is 25.9. The molecule has 100 valence electrons. The maximum Gasteiger partial charge on any atom is 0.248 e. The van der Waals surface area contributed by atoms with E-state index in [9.17, 15) is 8.78 Å². The zero-order valence-electron chi connectivity index (χ0n) is 10.9. The zero-order chi connectivity index (χ0) is 13.2. The van der Waals surface area contributed by atoms with Crippen molar-refractivity contribution < 1.29 is 8.78 Å². The Balaban J connectivity index is 2.10. The van der Waals surface area contributed by atoms with Crippen LogP contribution in [0.25, 0.3) is 0 Å². The minimum Gasteiger partial charge on any atom is -0.316 e. The van der Waals surface area contributed by atoms with Gasteiger partial charge in [-0.3, -0.25) is 4.98 Å². The fourth-order valence-corrected chi connectivity index (χ4v) is 3.01. The lowest BCUT2D eigenvalue weighted by atomic mass is 9.86. The number of rotatable bonds is 4. The van der Waals surface area contributed by atoms with Crippen LogP contribution in [0, 0.1) is 5.92 Å². The number of pyridine rings is 1. The Kier molecular flexibility index (Phi) is 3.95. The minimum absolute atomic E-state index is 0.00429. The van der Waals surface area contributed by atoms with Gasteiger partial charge in [-0.15, -0.1) is 0 Å². The van der Waals surface area contributed by atoms with Crippen molar-refractivity contribution in [3.8, 4) is 0 Å². The molecule has 18 heavy (non-hydrogen) atoms. The smallest absolute Gasteiger partial charge is 0.248 e. The van der Waals surface area contributed by atoms with E-state index in [1.54, 1.807) is 6.20 Å². The number of hydrogen-bond donors (Lipinski definition) is 1. The van der Waals surface area contributed by atoms with Crippen molar-refractivity contribution >= 4 is 0 Å². The van der Waals surface area contributed by atoms with E-state index in [0.717, 1.165) is 5.69 Å². The lowest BCUT2D eigenvalue weighted by Gasteiger charge is -2.28. The molecule has 2 nitrogen and oxygen atoms in total. The van der Waals surface area contributed by atoms with Gasteiger partial charge in [-0.05, 0) is 31.5 Å². The first-order valence-electron chi connectivity index (χ1n) is 6.49. The first-order valence-corrected chi connectivity index (χ1v) is 6.49. The third kappa shape index (κ3) is 2.86. The second kappa shape index (κ2) is 5.31. The highest BCUT2D eigenvalue weighted by atomic mass is 19.3. The second-order valence-corrected chi connectivity index (χ2v) is 5.22. The summed E-state index contributed by atoms with van der Waals surface area (Å²) in [6, 6.07) is 5.83. The van der Waals surface area contributed by atoms with Crippen molar-refractivity contribution in [3.63, 3.8) is 0 Å². The highest BCUT2D eigenvalue weighted by molar-refractivity contribution is 5.12. The summed E-state index contributed by atoms with van der Waals surface area (Å²) >= 11 is 0. The molecule has 1 N–H and O–H groups in total. The summed E-state index contributed by atoms with van der Waals surface area (Å²) in [6.45, 7) is 2.06. The molecule has 4 heteroatoms. The van der Waals surface area contributed by atoms with Gasteiger partial charge >= 0.3 is 0 Å². The SMILES string of the molecule is CNC(C1CCC(F)(F)C1)C(C)c1ccccn1. The van der Waals surface area contributed by atoms with Crippen molar-refractivity contribution in [2.45, 2.75) is 44.1 Å². The average Bonchev–Trinajstić information content (AvgIpc) is 2.71. The van der Waals surface area contributed by atoms with Gasteiger partial charge in [0.25, 0.3) is 0 Å². The third-order valence-electron chi connectivity index (χ3n) is 3.98. The summed E-state index contributed by atoms with van der Waals surface area (Å²) in [4.78, 5) is 4.33. The Morgan fingerprint density at radius 3 is 2.72 bits per heavy atom. The molecule has 1 aliphatic rings. The van der Waals surface area contributed by atoms with Crippen LogP contribution in [0.5, 0.6) is 0 Å². The summed E-state index contributed by atoms with van der Waals surface area (Å²) in [5, 5.41) is 3.21. The lowest BCUT2D eigenvalue weighted by Crippen LogP contribution is -2.38. The van der Waals surface area contributed by atoms with Gasteiger partial charge in [0.15, 0.2) is 0 Å². The summed E-state index contributed by atoms with van der Waals surface area (Å²) in [7, 11) is 1.85. The Hall–Kier alpha value is -1.03. The molecule has 0 radical (unpaired) electrons. The van der Waals surface area contributed by atoms with Crippen LogP contribution in [0.3, 0.4) is 0 Å². The zero-order valence-corrected chi connectivity index (χ0v) is 10.9. The number of hydrogen-bond acceptors (Lipinski definition) is 2. The third-order valence-corrected chi connectivity index (χ3v) is 3.98. The topological polar surface area (TPSA) is 24.9 Å². The van der Waals surface area contributed by atoms with Gasteiger partial charge in [-0.1, -0.05) is 13.0 Å². The van der Waals surface area contributed by atoms with Crippen LogP contribution in [0.2, 0.25) is 0 Å². The van der Waals surface area contributed by atoms with Crippen molar-refractivity contribution in [1.82, 2.24) is 10.3 Å². The summed E-state index contributed by atoms with van der Waals surface area (Å²) in [5.41, 5.74) is 0.965. The molecule has 1 saturated carbocycles. The maximum atomic E-state index is 13.3. The maximum absolute atomic E-state index is 13.3. The van der Waals surface area contributed by atoms with Crippen molar-refractivity contribution in [2.24, 2.45) is 5.92 Å². The Morgan fingerprint density at radius 1 is 1.44 bits per heavy atom. The number of nitrogens with one attached hydrogen (secondary N) is 1. The molecule has 0 bridgehead atoms. The molecule has 1 heterocycles. The van der Waals surface area contributed by atoms with E-state index >= 15 is 0 Å². The van der Waals surface area contributed by atoms with Crippen LogP contribution in [-0.4, -0.2) is 24.0 Å². The lowest BCUT2D eigenvalue weighted by molar-refractivity contribution is 0.00302. The van der Waals surface area contributed by atoms with Crippen LogP contribution >= 0.6 is 0 Å². The van der Waals surface area contributed by atoms with Crippen LogP contribution in [0.1, 0.15) is 37.8 Å². The standard InChI is InChI=1S/C14H20F2N2/c1-10(12-5-3-4-8-18-12)13(17-2)11-6-7-14(15,16)9-11/h3-5,8,10-11,13,17H,6-7,9H2,1-2H3. The Bertz CT molecular complexity index is 381. The molecule has 3 unspecified atom stereocenters. The first kappa shape index (κ1) is 13.4. The molecule has 3 atom stereocenters. The molecule has 1 aromatic rings. The number of likely N-dealkylation sites (N-methyl/N-ethyl adjacent to an activating group) is 1. The first-order chi connectivity index (χ1) is 8.53. The predicted octanol–water partition coefficient (Wildman–Crippen LogP) is 3.21. The fraction of sp³-hybridized carbons (Fsp3) is 0.643. The molecule has 0 aromatic carbocycles. The predicted molar refractivity (Wildman–Crippen MR) is 67.8 cm³/mol. The minimum atomic E-state index is -2.48. The second-order valence-electron chi connectivity index (χ2n) is 5.22. The number of aromatic nitrogens is 1. The van der Waals surface area contributed by atoms with Gasteiger partial charge in [0, 0.05) is 36.7 Å². The number of halogens is 2.